The molecule has 88 valence electrons. The van der Waals surface area contributed by atoms with E-state index in [2.05, 4.69) is 50.4 Å². The fourth-order valence-electron chi connectivity index (χ4n) is 2.85. The van der Waals surface area contributed by atoms with Gasteiger partial charge in [-0.1, -0.05) is 45.0 Å². The molecule has 1 heteroatoms. The van der Waals surface area contributed by atoms with Crippen molar-refractivity contribution < 1.29 is 0 Å². The highest BCUT2D eigenvalue weighted by molar-refractivity contribution is 5.35. The van der Waals surface area contributed by atoms with Crippen LogP contribution in [-0.4, -0.2) is 6.54 Å². The SMILES string of the molecule is CCC1NCC(CC(C)C)c2ccccc21. The predicted molar refractivity (Wildman–Crippen MR) is 69.7 cm³/mol. The van der Waals surface area contributed by atoms with E-state index in [1.54, 1.807) is 5.56 Å². The summed E-state index contributed by atoms with van der Waals surface area (Å²) in [7, 11) is 0. The number of benzene rings is 1. The molecule has 1 N–H and O–H groups in total. The van der Waals surface area contributed by atoms with Crippen LogP contribution in [0.4, 0.5) is 0 Å². The fourth-order valence-corrected chi connectivity index (χ4v) is 2.85. The molecule has 0 spiro atoms. The van der Waals surface area contributed by atoms with Gasteiger partial charge in [-0.25, -0.2) is 0 Å². The molecular formula is C15H23N. The summed E-state index contributed by atoms with van der Waals surface area (Å²) in [5.74, 6) is 1.48. The van der Waals surface area contributed by atoms with E-state index in [0.717, 1.165) is 12.5 Å². The van der Waals surface area contributed by atoms with Gasteiger partial charge in [0.1, 0.15) is 0 Å². The molecule has 16 heavy (non-hydrogen) atoms. The highest BCUT2D eigenvalue weighted by Gasteiger charge is 2.25. The molecule has 0 bridgehead atoms. The van der Waals surface area contributed by atoms with Crippen LogP contribution < -0.4 is 5.32 Å². The van der Waals surface area contributed by atoms with Gasteiger partial charge < -0.3 is 5.32 Å². The predicted octanol–water partition coefficient (Wildman–Crippen LogP) is 3.87. The van der Waals surface area contributed by atoms with Crippen molar-refractivity contribution in [2.45, 2.75) is 45.6 Å². The number of hydrogen-bond acceptors (Lipinski definition) is 1. The Bertz CT molecular complexity index is 343. The lowest BCUT2D eigenvalue weighted by molar-refractivity contribution is 0.399. The van der Waals surface area contributed by atoms with Crippen molar-refractivity contribution in [3.8, 4) is 0 Å². The quantitative estimate of drug-likeness (QED) is 0.810. The molecule has 2 rings (SSSR count). The molecule has 0 amide bonds. The first-order chi connectivity index (χ1) is 7.72. The molecular weight excluding hydrogens is 194 g/mol. The maximum Gasteiger partial charge on any atom is 0.0320 e. The monoisotopic (exact) mass is 217 g/mol. The topological polar surface area (TPSA) is 12.0 Å². The number of nitrogens with one attached hydrogen (secondary N) is 1. The lowest BCUT2D eigenvalue weighted by Crippen LogP contribution is -2.33. The van der Waals surface area contributed by atoms with Crippen molar-refractivity contribution in [1.29, 1.82) is 0 Å². The second kappa shape index (κ2) is 5.01. The van der Waals surface area contributed by atoms with Crippen molar-refractivity contribution in [3.05, 3.63) is 35.4 Å². The normalized spacial score (nSPS) is 24.5. The van der Waals surface area contributed by atoms with Gasteiger partial charge in [-0.2, -0.15) is 0 Å². The zero-order valence-corrected chi connectivity index (χ0v) is 10.7. The Morgan fingerprint density at radius 1 is 1.25 bits per heavy atom. The lowest BCUT2D eigenvalue weighted by atomic mass is 9.82. The first kappa shape index (κ1) is 11.7. The minimum absolute atomic E-state index is 0.569. The summed E-state index contributed by atoms with van der Waals surface area (Å²) in [6, 6.07) is 9.54. The van der Waals surface area contributed by atoms with Crippen LogP contribution in [0.5, 0.6) is 0 Å². The van der Waals surface area contributed by atoms with Crippen molar-refractivity contribution in [2.24, 2.45) is 5.92 Å². The summed E-state index contributed by atoms with van der Waals surface area (Å²) < 4.78 is 0. The van der Waals surface area contributed by atoms with Gasteiger partial charge >= 0.3 is 0 Å². The minimum atomic E-state index is 0.569. The first-order valence-corrected chi connectivity index (χ1v) is 6.54. The van der Waals surface area contributed by atoms with Crippen LogP contribution >= 0.6 is 0 Å². The largest absolute Gasteiger partial charge is 0.309 e. The smallest absolute Gasteiger partial charge is 0.0320 e. The van der Waals surface area contributed by atoms with E-state index in [1.165, 1.54) is 18.4 Å². The molecule has 0 saturated heterocycles. The Hall–Kier alpha value is -0.820. The van der Waals surface area contributed by atoms with E-state index in [-0.39, 0.29) is 0 Å². The van der Waals surface area contributed by atoms with E-state index < -0.39 is 0 Å². The maximum absolute atomic E-state index is 3.68. The van der Waals surface area contributed by atoms with E-state index in [4.69, 9.17) is 0 Å². The Balaban J connectivity index is 2.27. The van der Waals surface area contributed by atoms with Crippen LogP contribution in [0.1, 0.15) is 56.7 Å². The lowest BCUT2D eigenvalue weighted by Gasteiger charge is -2.33. The van der Waals surface area contributed by atoms with Crippen LogP contribution in [0.2, 0.25) is 0 Å². The van der Waals surface area contributed by atoms with Gasteiger partial charge in [0.05, 0.1) is 0 Å². The van der Waals surface area contributed by atoms with Crippen molar-refractivity contribution in [3.63, 3.8) is 0 Å². The molecule has 1 heterocycles. The van der Waals surface area contributed by atoms with E-state index in [1.807, 2.05) is 0 Å². The molecule has 2 atom stereocenters. The second-order valence-electron chi connectivity index (χ2n) is 5.32. The van der Waals surface area contributed by atoms with E-state index in [9.17, 15) is 0 Å². The van der Waals surface area contributed by atoms with Gasteiger partial charge in [0.15, 0.2) is 0 Å². The molecule has 2 unspecified atom stereocenters. The Morgan fingerprint density at radius 2 is 1.94 bits per heavy atom. The molecule has 1 aliphatic heterocycles. The average molecular weight is 217 g/mol. The van der Waals surface area contributed by atoms with Gasteiger partial charge in [-0.15, -0.1) is 0 Å². The molecule has 0 aliphatic carbocycles. The average Bonchev–Trinajstić information content (AvgIpc) is 2.29. The number of hydrogen-bond donors (Lipinski definition) is 1. The van der Waals surface area contributed by atoms with Gasteiger partial charge in [0, 0.05) is 12.6 Å². The summed E-state index contributed by atoms with van der Waals surface area (Å²) in [4.78, 5) is 0. The van der Waals surface area contributed by atoms with E-state index in [0.29, 0.717) is 12.0 Å². The zero-order chi connectivity index (χ0) is 11.5. The molecule has 1 nitrogen and oxygen atoms in total. The summed E-state index contributed by atoms with van der Waals surface area (Å²) in [5.41, 5.74) is 3.11. The van der Waals surface area contributed by atoms with Crippen LogP contribution in [0.15, 0.2) is 24.3 Å². The standard InChI is InChI=1S/C15H23N/c1-4-15-14-8-6-5-7-13(14)12(10-16-15)9-11(2)3/h5-8,11-12,15-16H,4,9-10H2,1-3H3. The number of fused-ring (bicyclic) bond motifs is 1. The van der Waals surface area contributed by atoms with Crippen LogP contribution in [-0.2, 0) is 0 Å². The van der Waals surface area contributed by atoms with Crippen LogP contribution in [0.3, 0.4) is 0 Å². The maximum atomic E-state index is 3.68. The van der Waals surface area contributed by atoms with Gasteiger partial charge in [0.2, 0.25) is 0 Å². The Labute approximate surface area is 99.3 Å². The summed E-state index contributed by atoms with van der Waals surface area (Å²) in [6.45, 7) is 8.04. The van der Waals surface area contributed by atoms with Gasteiger partial charge in [-0.05, 0) is 35.8 Å². The Kier molecular flexibility index (Phi) is 3.65. The van der Waals surface area contributed by atoms with Crippen LogP contribution in [0, 0.1) is 5.92 Å². The van der Waals surface area contributed by atoms with Crippen molar-refractivity contribution in [2.75, 3.05) is 6.54 Å². The van der Waals surface area contributed by atoms with E-state index >= 15 is 0 Å². The summed E-state index contributed by atoms with van der Waals surface area (Å²) in [5, 5.41) is 3.68. The Morgan fingerprint density at radius 3 is 2.56 bits per heavy atom. The molecule has 0 aromatic heterocycles. The molecule has 0 radical (unpaired) electrons. The van der Waals surface area contributed by atoms with Crippen LogP contribution in [0.25, 0.3) is 0 Å². The zero-order valence-electron chi connectivity index (χ0n) is 10.7. The summed E-state index contributed by atoms with van der Waals surface area (Å²) in [6.07, 6.45) is 2.48. The third-order valence-corrected chi connectivity index (χ3v) is 3.59. The first-order valence-electron chi connectivity index (χ1n) is 6.54. The number of rotatable bonds is 3. The second-order valence-corrected chi connectivity index (χ2v) is 5.32. The van der Waals surface area contributed by atoms with Crippen molar-refractivity contribution in [1.82, 2.24) is 5.32 Å². The fraction of sp³-hybridized carbons (Fsp3) is 0.600. The molecule has 1 aromatic rings. The third kappa shape index (κ3) is 2.30. The molecule has 0 fully saturated rings. The molecule has 1 aliphatic rings. The summed E-state index contributed by atoms with van der Waals surface area (Å²) >= 11 is 0. The molecule has 0 saturated carbocycles. The highest BCUT2D eigenvalue weighted by atomic mass is 14.9. The minimum Gasteiger partial charge on any atom is -0.309 e. The van der Waals surface area contributed by atoms with Gasteiger partial charge in [-0.3, -0.25) is 0 Å². The highest BCUT2D eigenvalue weighted by Crippen LogP contribution is 2.34. The van der Waals surface area contributed by atoms with Crippen molar-refractivity contribution >= 4 is 0 Å². The third-order valence-electron chi connectivity index (χ3n) is 3.59. The molecule has 1 aromatic carbocycles. The van der Waals surface area contributed by atoms with Gasteiger partial charge in [0.25, 0.3) is 0 Å².